The molecule has 5 rings (SSSR count). The molecular formula is C35H38FN3O6Si. The summed E-state index contributed by atoms with van der Waals surface area (Å²) in [6.45, 7) is 8.14. The van der Waals surface area contributed by atoms with Gasteiger partial charge >= 0.3 is 6.09 Å². The molecule has 0 spiro atoms. The van der Waals surface area contributed by atoms with Gasteiger partial charge in [0.05, 0.1) is 24.8 Å². The number of anilines is 1. The lowest BCUT2D eigenvalue weighted by atomic mass is 10.0. The zero-order valence-corrected chi connectivity index (χ0v) is 27.9. The van der Waals surface area contributed by atoms with E-state index < -0.39 is 20.1 Å². The molecule has 0 unspecified atom stereocenters. The van der Waals surface area contributed by atoms with E-state index in [9.17, 15) is 19.1 Å². The Morgan fingerprint density at radius 1 is 1.00 bits per heavy atom. The fourth-order valence-corrected chi connectivity index (χ4v) is 5.95. The average Bonchev–Trinajstić information content (AvgIpc) is 3.30. The highest BCUT2D eigenvalue weighted by atomic mass is 28.3. The molecule has 0 aliphatic rings. The second kappa shape index (κ2) is 13.2. The number of carbonyl (C=O) groups is 2. The predicted molar refractivity (Wildman–Crippen MR) is 179 cm³/mol. The lowest BCUT2D eigenvalue weighted by Crippen LogP contribution is -2.37. The van der Waals surface area contributed by atoms with Crippen molar-refractivity contribution in [3.8, 4) is 17.4 Å². The first kappa shape index (κ1) is 32.5. The van der Waals surface area contributed by atoms with Crippen molar-refractivity contribution in [1.29, 1.82) is 0 Å². The summed E-state index contributed by atoms with van der Waals surface area (Å²) in [6.07, 6.45) is 2.93. The van der Waals surface area contributed by atoms with Gasteiger partial charge in [-0.15, -0.1) is 0 Å². The number of ether oxygens (including phenoxy) is 3. The van der Waals surface area contributed by atoms with Crippen molar-refractivity contribution in [2.24, 2.45) is 7.05 Å². The molecule has 0 saturated heterocycles. The summed E-state index contributed by atoms with van der Waals surface area (Å²) in [5, 5.41) is 12.5. The summed E-state index contributed by atoms with van der Waals surface area (Å²) >= 11 is 0. The van der Waals surface area contributed by atoms with Crippen molar-refractivity contribution in [2.45, 2.75) is 45.6 Å². The van der Waals surface area contributed by atoms with Gasteiger partial charge in [-0.3, -0.25) is 9.78 Å². The van der Waals surface area contributed by atoms with Gasteiger partial charge in [0.15, 0.2) is 5.75 Å². The van der Waals surface area contributed by atoms with Crippen LogP contribution in [0, 0.1) is 5.82 Å². The Hall–Kier alpha value is -4.90. The van der Waals surface area contributed by atoms with E-state index in [4.69, 9.17) is 19.2 Å². The van der Waals surface area contributed by atoms with Crippen LogP contribution in [0.5, 0.6) is 17.4 Å². The predicted octanol–water partition coefficient (Wildman–Crippen LogP) is 7.58. The molecule has 0 aliphatic heterocycles. The largest absolute Gasteiger partial charge is 0.497 e. The highest BCUT2D eigenvalue weighted by molar-refractivity contribution is 6.76. The summed E-state index contributed by atoms with van der Waals surface area (Å²) in [5.74, 6) is -0.00236. The van der Waals surface area contributed by atoms with Crippen LogP contribution in [0.25, 0.3) is 21.7 Å². The molecule has 2 heterocycles. The number of aryl methyl sites for hydroxylation is 1. The first-order valence-electron chi connectivity index (χ1n) is 15.0. The molecule has 9 nitrogen and oxygen atoms in total. The lowest BCUT2D eigenvalue weighted by molar-refractivity contribution is -0.116. The van der Waals surface area contributed by atoms with Gasteiger partial charge in [0.25, 0.3) is 0 Å². The third-order valence-electron chi connectivity index (χ3n) is 7.71. The number of carbonyl (C=O) groups excluding carboxylic acids is 2. The fraction of sp³-hybridized carbons (Fsp3) is 0.286. The molecule has 5 aromatic rings. The van der Waals surface area contributed by atoms with Gasteiger partial charge in [-0.05, 0) is 59.5 Å². The van der Waals surface area contributed by atoms with Gasteiger partial charge in [-0.1, -0.05) is 43.9 Å². The van der Waals surface area contributed by atoms with Crippen LogP contribution in [-0.4, -0.2) is 48.4 Å². The van der Waals surface area contributed by atoms with Crippen LogP contribution in [-0.2, 0) is 29.6 Å². The normalized spacial score (nSPS) is 11.5. The van der Waals surface area contributed by atoms with E-state index in [1.807, 2.05) is 30.3 Å². The van der Waals surface area contributed by atoms with Gasteiger partial charge in [-0.2, -0.15) is 0 Å². The second-order valence-corrected chi connectivity index (χ2v) is 18.1. The number of imide groups is 1. The van der Waals surface area contributed by atoms with Gasteiger partial charge in [0.1, 0.15) is 23.7 Å². The van der Waals surface area contributed by atoms with Crippen molar-refractivity contribution < 1.29 is 33.3 Å². The molecule has 3 aromatic carbocycles. The number of methoxy groups -OCH3 is 1. The lowest BCUT2D eigenvalue weighted by Gasteiger charge is -2.24. The van der Waals surface area contributed by atoms with Crippen LogP contribution in [0.2, 0.25) is 25.7 Å². The smallest absolute Gasteiger partial charge is 0.421 e. The maximum absolute atomic E-state index is 13.6. The SMILES string of the molecule is COc1ccc(COc2c3ncc(Cc4ccc(F)cc4)cc3c(N(C(C)=O)C(=O)OCC[Si](C)(C)C)c3cn(C)c(O)c23)cc1. The molecule has 2 aromatic heterocycles. The highest BCUT2D eigenvalue weighted by Gasteiger charge is 2.31. The van der Waals surface area contributed by atoms with Crippen molar-refractivity contribution in [3.05, 3.63) is 89.5 Å². The third-order valence-corrected chi connectivity index (χ3v) is 9.41. The van der Waals surface area contributed by atoms with Gasteiger partial charge < -0.3 is 23.9 Å². The Morgan fingerprint density at radius 2 is 1.67 bits per heavy atom. The Kier molecular flexibility index (Phi) is 9.34. The van der Waals surface area contributed by atoms with Crippen LogP contribution in [0.4, 0.5) is 14.9 Å². The minimum absolute atomic E-state index is 0.115. The van der Waals surface area contributed by atoms with Crippen LogP contribution in [0.3, 0.4) is 0 Å². The quantitative estimate of drug-likeness (QED) is 0.157. The molecule has 0 radical (unpaired) electrons. The molecule has 46 heavy (non-hydrogen) atoms. The summed E-state index contributed by atoms with van der Waals surface area (Å²) in [4.78, 5) is 32.7. The fourth-order valence-electron chi connectivity index (χ4n) is 5.23. The van der Waals surface area contributed by atoms with Crippen molar-refractivity contribution in [2.75, 3.05) is 18.6 Å². The standard InChI is InChI=1S/C35H38FN3O6Si/c1-22(40)39(35(42)44-15-16-46(4,5)6)32-28-18-25(17-23-7-11-26(36)12-8-23)19-37-31(28)33(30-29(32)20-38(2)34(30)41)45-21-24-9-13-27(43-3)14-10-24/h7-14,18-20,41H,15-17,21H2,1-6H3. The number of halogens is 1. The zero-order valence-electron chi connectivity index (χ0n) is 26.9. The zero-order chi connectivity index (χ0) is 33.2. The highest BCUT2D eigenvalue weighted by Crippen LogP contribution is 2.47. The van der Waals surface area contributed by atoms with Crippen LogP contribution >= 0.6 is 0 Å². The van der Waals surface area contributed by atoms with Gasteiger partial charge in [0.2, 0.25) is 11.8 Å². The summed E-state index contributed by atoms with van der Waals surface area (Å²) in [7, 11) is 1.73. The molecule has 2 amide bonds. The minimum Gasteiger partial charge on any atom is -0.497 e. The molecule has 0 atom stereocenters. The Labute approximate surface area is 268 Å². The number of aromatic nitrogens is 2. The van der Waals surface area contributed by atoms with E-state index in [-0.39, 0.29) is 30.6 Å². The molecule has 11 heteroatoms. The Balaban J connectivity index is 1.69. The van der Waals surface area contributed by atoms with Crippen molar-refractivity contribution >= 4 is 47.4 Å². The third kappa shape index (κ3) is 6.99. The first-order valence-corrected chi connectivity index (χ1v) is 18.7. The number of pyridine rings is 1. The monoisotopic (exact) mass is 643 g/mol. The maximum Gasteiger partial charge on any atom is 0.421 e. The summed E-state index contributed by atoms with van der Waals surface area (Å²) < 4.78 is 32.4. The molecule has 0 fully saturated rings. The number of rotatable bonds is 10. The summed E-state index contributed by atoms with van der Waals surface area (Å²) in [5.41, 5.74) is 3.05. The molecule has 1 N–H and O–H groups in total. The van der Waals surface area contributed by atoms with E-state index in [1.165, 1.54) is 23.6 Å². The number of fused-ring (bicyclic) bond motifs is 2. The Morgan fingerprint density at radius 3 is 2.30 bits per heavy atom. The Bertz CT molecular complexity index is 1900. The first-order chi connectivity index (χ1) is 21.9. The molecule has 240 valence electrons. The van der Waals surface area contributed by atoms with E-state index in [0.29, 0.717) is 39.6 Å². The van der Waals surface area contributed by atoms with Crippen LogP contribution in [0.1, 0.15) is 23.6 Å². The van der Waals surface area contributed by atoms with Crippen molar-refractivity contribution in [3.63, 3.8) is 0 Å². The van der Waals surface area contributed by atoms with E-state index >= 15 is 0 Å². The topological polar surface area (TPSA) is 103 Å². The van der Waals surface area contributed by atoms with E-state index in [1.54, 1.807) is 38.7 Å². The number of hydrogen-bond donors (Lipinski definition) is 1. The number of benzene rings is 3. The summed E-state index contributed by atoms with van der Waals surface area (Å²) in [6, 6.07) is 16.2. The maximum atomic E-state index is 13.6. The van der Waals surface area contributed by atoms with E-state index in [0.717, 1.165) is 27.6 Å². The number of amides is 2. The van der Waals surface area contributed by atoms with Crippen molar-refractivity contribution in [1.82, 2.24) is 9.55 Å². The number of hydrogen-bond acceptors (Lipinski definition) is 7. The minimum atomic E-state index is -1.53. The molecule has 0 aliphatic carbocycles. The molecule has 0 saturated carbocycles. The number of nitrogens with zero attached hydrogens (tertiary/aromatic N) is 3. The van der Waals surface area contributed by atoms with E-state index in [2.05, 4.69) is 19.6 Å². The second-order valence-electron chi connectivity index (χ2n) is 12.5. The van der Waals surface area contributed by atoms with Gasteiger partial charge in [-0.25, -0.2) is 14.1 Å². The van der Waals surface area contributed by atoms with Crippen LogP contribution < -0.4 is 14.4 Å². The number of aromatic hydroxyl groups is 1. The van der Waals surface area contributed by atoms with Crippen LogP contribution in [0.15, 0.2) is 67.0 Å². The van der Waals surface area contributed by atoms with Gasteiger partial charge in [0, 0.05) is 45.2 Å². The average molecular weight is 644 g/mol. The molecular weight excluding hydrogens is 605 g/mol. The molecule has 0 bridgehead atoms.